The standard InChI is InChI=1S/C23H21BrN2O3S/c1-28-21-11-10-17(24)14-20(21)22(27)26-23(30)25-18-8-5-9-19(15-18)29-13-12-16-6-3-2-4-7-16/h2-11,14-15H,12-13H2,1H3,(H2,25,26,27,30). The quantitative estimate of drug-likeness (QED) is 0.451. The fourth-order valence-electron chi connectivity index (χ4n) is 2.79. The van der Waals surface area contributed by atoms with Crippen LogP contribution in [0.5, 0.6) is 11.5 Å². The lowest BCUT2D eigenvalue weighted by atomic mass is 10.2. The fraction of sp³-hybridized carbons (Fsp3) is 0.130. The summed E-state index contributed by atoms with van der Waals surface area (Å²) in [6.45, 7) is 0.567. The Kier molecular flexibility index (Phi) is 7.82. The summed E-state index contributed by atoms with van der Waals surface area (Å²) in [7, 11) is 1.51. The minimum Gasteiger partial charge on any atom is -0.496 e. The van der Waals surface area contributed by atoms with Crippen LogP contribution in [0.3, 0.4) is 0 Å². The molecule has 2 N–H and O–H groups in total. The number of nitrogens with one attached hydrogen (secondary N) is 2. The summed E-state index contributed by atoms with van der Waals surface area (Å²) in [5, 5.41) is 5.86. The Morgan fingerprint density at radius 2 is 1.83 bits per heavy atom. The van der Waals surface area contributed by atoms with Gasteiger partial charge in [-0.25, -0.2) is 0 Å². The van der Waals surface area contributed by atoms with Crippen molar-refractivity contribution in [1.82, 2.24) is 5.32 Å². The van der Waals surface area contributed by atoms with Gasteiger partial charge < -0.3 is 14.8 Å². The van der Waals surface area contributed by atoms with Crippen molar-refractivity contribution in [2.75, 3.05) is 19.0 Å². The Morgan fingerprint density at radius 1 is 1.03 bits per heavy atom. The highest BCUT2D eigenvalue weighted by molar-refractivity contribution is 9.10. The number of carbonyl (C=O) groups is 1. The molecule has 0 fully saturated rings. The molecule has 3 rings (SSSR count). The lowest BCUT2D eigenvalue weighted by Crippen LogP contribution is -2.34. The van der Waals surface area contributed by atoms with Gasteiger partial charge in [0.15, 0.2) is 5.11 Å². The molecule has 0 aliphatic heterocycles. The Hall–Kier alpha value is -2.90. The van der Waals surface area contributed by atoms with E-state index < -0.39 is 0 Å². The van der Waals surface area contributed by atoms with Crippen LogP contribution in [0.25, 0.3) is 0 Å². The van der Waals surface area contributed by atoms with Crippen molar-refractivity contribution in [3.63, 3.8) is 0 Å². The first-order valence-corrected chi connectivity index (χ1v) is 10.5. The van der Waals surface area contributed by atoms with Gasteiger partial charge >= 0.3 is 0 Å². The number of thiocarbonyl (C=S) groups is 1. The number of hydrogen-bond donors (Lipinski definition) is 2. The Labute approximate surface area is 189 Å². The van der Waals surface area contributed by atoms with Crippen LogP contribution in [-0.2, 0) is 6.42 Å². The lowest BCUT2D eigenvalue weighted by Gasteiger charge is -2.13. The number of rotatable bonds is 7. The zero-order valence-electron chi connectivity index (χ0n) is 16.4. The van der Waals surface area contributed by atoms with Crippen LogP contribution in [0.1, 0.15) is 15.9 Å². The number of anilines is 1. The van der Waals surface area contributed by atoms with Crippen LogP contribution in [-0.4, -0.2) is 24.7 Å². The number of hydrogen-bond acceptors (Lipinski definition) is 4. The van der Waals surface area contributed by atoms with Crippen LogP contribution in [0.2, 0.25) is 0 Å². The van der Waals surface area contributed by atoms with E-state index in [2.05, 4.69) is 38.7 Å². The van der Waals surface area contributed by atoms with E-state index in [1.807, 2.05) is 42.5 Å². The third kappa shape index (κ3) is 6.30. The first-order valence-electron chi connectivity index (χ1n) is 9.28. The second-order valence-corrected chi connectivity index (χ2v) is 7.69. The topological polar surface area (TPSA) is 59.6 Å². The predicted octanol–water partition coefficient (Wildman–Crippen LogP) is 5.21. The fourth-order valence-corrected chi connectivity index (χ4v) is 3.36. The van der Waals surface area contributed by atoms with Crippen LogP contribution < -0.4 is 20.1 Å². The molecule has 7 heteroatoms. The van der Waals surface area contributed by atoms with Gasteiger partial charge in [0.2, 0.25) is 0 Å². The molecule has 154 valence electrons. The van der Waals surface area contributed by atoms with Crippen molar-refractivity contribution in [3.8, 4) is 11.5 Å². The summed E-state index contributed by atoms with van der Waals surface area (Å²) in [6.07, 6.45) is 0.821. The molecule has 3 aromatic rings. The zero-order valence-corrected chi connectivity index (χ0v) is 18.8. The molecule has 0 unspecified atom stereocenters. The minimum atomic E-state index is -0.360. The van der Waals surface area contributed by atoms with E-state index in [1.54, 1.807) is 18.2 Å². The molecule has 0 saturated heterocycles. The van der Waals surface area contributed by atoms with Crippen molar-refractivity contribution >= 4 is 44.9 Å². The van der Waals surface area contributed by atoms with Gasteiger partial charge in [-0.05, 0) is 48.1 Å². The molecule has 0 atom stereocenters. The first-order chi connectivity index (χ1) is 14.5. The summed E-state index contributed by atoms with van der Waals surface area (Å²) < 4.78 is 11.8. The Bertz CT molecular complexity index is 1030. The van der Waals surface area contributed by atoms with Gasteiger partial charge in [-0.2, -0.15) is 0 Å². The predicted molar refractivity (Wildman–Crippen MR) is 126 cm³/mol. The van der Waals surface area contributed by atoms with Gasteiger partial charge in [0.25, 0.3) is 5.91 Å². The Morgan fingerprint density at radius 3 is 2.60 bits per heavy atom. The summed E-state index contributed by atoms with van der Waals surface area (Å²) in [5.74, 6) is 0.826. The van der Waals surface area contributed by atoms with Crippen LogP contribution >= 0.6 is 28.1 Å². The zero-order chi connectivity index (χ0) is 21.3. The maximum Gasteiger partial charge on any atom is 0.261 e. The molecule has 0 radical (unpaired) electrons. The molecule has 0 aliphatic carbocycles. The molecule has 1 amide bonds. The van der Waals surface area contributed by atoms with Crippen molar-refractivity contribution < 1.29 is 14.3 Å². The maximum atomic E-state index is 12.6. The van der Waals surface area contributed by atoms with E-state index in [-0.39, 0.29) is 11.0 Å². The smallest absolute Gasteiger partial charge is 0.261 e. The monoisotopic (exact) mass is 484 g/mol. The van der Waals surface area contributed by atoms with Gasteiger partial charge in [-0.3, -0.25) is 10.1 Å². The van der Waals surface area contributed by atoms with E-state index in [4.69, 9.17) is 21.7 Å². The highest BCUT2D eigenvalue weighted by atomic mass is 79.9. The van der Waals surface area contributed by atoms with E-state index >= 15 is 0 Å². The highest BCUT2D eigenvalue weighted by Crippen LogP contribution is 2.23. The number of benzene rings is 3. The number of halogens is 1. The number of methoxy groups -OCH3 is 1. The van der Waals surface area contributed by atoms with Crippen LogP contribution in [0.15, 0.2) is 77.3 Å². The molecular formula is C23H21BrN2O3S. The normalized spacial score (nSPS) is 10.2. The molecule has 30 heavy (non-hydrogen) atoms. The number of ether oxygens (including phenoxy) is 2. The van der Waals surface area contributed by atoms with Gasteiger partial charge in [-0.15, -0.1) is 0 Å². The maximum absolute atomic E-state index is 12.6. The van der Waals surface area contributed by atoms with Crippen molar-refractivity contribution in [3.05, 3.63) is 88.4 Å². The van der Waals surface area contributed by atoms with E-state index in [9.17, 15) is 4.79 Å². The second-order valence-electron chi connectivity index (χ2n) is 6.36. The summed E-state index contributed by atoms with van der Waals surface area (Å²) in [4.78, 5) is 12.6. The van der Waals surface area contributed by atoms with E-state index in [0.717, 1.165) is 22.3 Å². The summed E-state index contributed by atoms with van der Waals surface area (Å²) in [6, 6.07) is 22.8. The molecular weight excluding hydrogens is 464 g/mol. The third-order valence-electron chi connectivity index (χ3n) is 4.23. The molecule has 3 aromatic carbocycles. The third-order valence-corrected chi connectivity index (χ3v) is 4.92. The van der Waals surface area contributed by atoms with Crippen molar-refractivity contribution in [1.29, 1.82) is 0 Å². The highest BCUT2D eigenvalue weighted by Gasteiger charge is 2.14. The van der Waals surface area contributed by atoms with Crippen molar-refractivity contribution in [2.24, 2.45) is 0 Å². The summed E-state index contributed by atoms with van der Waals surface area (Å²) in [5.41, 5.74) is 2.33. The van der Waals surface area contributed by atoms with E-state index in [0.29, 0.717) is 17.9 Å². The van der Waals surface area contributed by atoms with Gasteiger partial charge in [0.1, 0.15) is 11.5 Å². The van der Waals surface area contributed by atoms with Gasteiger partial charge in [0.05, 0.1) is 19.3 Å². The molecule has 0 saturated carbocycles. The SMILES string of the molecule is COc1ccc(Br)cc1C(=O)NC(=S)Nc1cccc(OCCc2ccccc2)c1. The summed E-state index contributed by atoms with van der Waals surface area (Å²) >= 11 is 8.64. The number of carbonyl (C=O) groups excluding carboxylic acids is 1. The largest absolute Gasteiger partial charge is 0.496 e. The molecule has 0 aromatic heterocycles. The minimum absolute atomic E-state index is 0.184. The number of amides is 1. The average Bonchev–Trinajstić information content (AvgIpc) is 2.74. The average molecular weight is 485 g/mol. The first kappa shape index (κ1) is 21.8. The van der Waals surface area contributed by atoms with E-state index in [1.165, 1.54) is 12.7 Å². The van der Waals surface area contributed by atoms with Crippen molar-refractivity contribution in [2.45, 2.75) is 6.42 Å². The van der Waals surface area contributed by atoms with Crippen LogP contribution in [0.4, 0.5) is 5.69 Å². The van der Waals surface area contributed by atoms with Gasteiger partial charge in [-0.1, -0.05) is 52.3 Å². The van der Waals surface area contributed by atoms with Gasteiger partial charge in [0, 0.05) is 22.6 Å². The molecule has 0 aliphatic rings. The molecule has 0 heterocycles. The Balaban J connectivity index is 1.56. The lowest BCUT2D eigenvalue weighted by molar-refractivity contribution is 0.0974. The molecule has 0 bridgehead atoms. The second kappa shape index (κ2) is 10.8. The molecule has 5 nitrogen and oxygen atoms in total. The molecule has 0 spiro atoms. The van der Waals surface area contributed by atoms with Crippen LogP contribution in [0, 0.1) is 0 Å².